The summed E-state index contributed by atoms with van der Waals surface area (Å²) in [5.41, 5.74) is 5.81. The number of rotatable bonds is 6. The maximum absolute atomic E-state index is 5.37. The Morgan fingerprint density at radius 2 is 2.04 bits per heavy atom. The zero-order valence-electron chi connectivity index (χ0n) is 14.8. The molecule has 0 saturated carbocycles. The monoisotopic (exact) mass is 345 g/mol. The summed E-state index contributed by atoms with van der Waals surface area (Å²) in [4.78, 5) is 0. The molecule has 1 aliphatic rings. The zero-order valence-corrected chi connectivity index (χ0v) is 15.7. The molecule has 0 aliphatic heterocycles. The summed E-state index contributed by atoms with van der Waals surface area (Å²) in [6.45, 7) is 3.21. The van der Waals surface area contributed by atoms with E-state index in [1.807, 2.05) is 0 Å². The van der Waals surface area contributed by atoms with E-state index >= 15 is 0 Å². The smallest absolute Gasteiger partial charge is 0.119 e. The van der Waals surface area contributed by atoms with Crippen molar-refractivity contribution in [1.29, 1.82) is 0 Å². The largest absolute Gasteiger partial charge is 0.497 e. The third-order valence-corrected chi connectivity index (χ3v) is 5.09. The van der Waals surface area contributed by atoms with Crippen LogP contribution < -0.4 is 10.1 Å². The second-order valence-corrected chi connectivity index (χ2v) is 6.70. The summed E-state index contributed by atoms with van der Waals surface area (Å²) in [6.07, 6.45) is 3.65. The minimum Gasteiger partial charge on any atom is -0.497 e. The summed E-state index contributed by atoms with van der Waals surface area (Å²) < 4.78 is 5.37. The van der Waals surface area contributed by atoms with Crippen molar-refractivity contribution >= 4 is 12.4 Å². The van der Waals surface area contributed by atoms with Crippen molar-refractivity contribution in [2.24, 2.45) is 0 Å². The number of halogens is 1. The predicted molar refractivity (Wildman–Crippen MR) is 104 cm³/mol. The average Bonchev–Trinajstić information content (AvgIpc) is 2.96. The maximum atomic E-state index is 5.37. The van der Waals surface area contributed by atoms with E-state index in [0.29, 0.717) is 11.8 Å². The first kappa shape index (κ1) is 18.8. The van der Waals surface area contributed by atoms with Crippen LogP contribution in [-0.2, 0) is 6.42 Å². The quantitative estimate of drug-likeness (QED) is 0.808. The minimum absolute atomic E-state index is 0. The van der Waals surface area contributed by atoms with Crippen molar-refractivity contribution < 1.29 is 4.74 Å². The van der Waals surface area contributed by atoms with Gasteiger partial charge >= 0.3 is 0 Å². The van der Waals surface area contributed by atoms with Gasteiger partial charge in [-0.1, -0.05) is 35.9 Å². The van der Waals surface area contributed by atoms with Crippen LogP contribution in [0.1, 0.15) is 46.9 Å². The van der Waals surface area contributed by atoms with E-state index < -0.39 is 0 Å². The highest BCUT2D eigenvalue weighted by Crippen LogP contribution is 2.41. The summed E-state index contributed by atoms with van der Waals surface area (Å²) >= 11 is 0. The molecule has 0 saturated heterocycles. The molecule has 0 amide bonds. The maximum Gasteiger partial charge on any atom is 0.119 e. The van der Waals surface area contributed by atoms with Crippen LogP contribution in [0.5, 0.6) is 5.75 Å². The van der Waals surface area contributed by atoms with Crippen molar-refractivity contribution in [2.75, 3.05) is 20.7 Å². The number of nitrogens with one attached hydrogen (secondary N) is 1. The Morgan fingerprint density at radius 3 is 2.75 bits per heavy atom. The van der Waals surface area contributed by atoms with Gasteiger partial charge < -0.3 is 10.1 Å². The van der Waals surface area contributed by atoms with Crippen LogP contribution >= 0.6 is 12.4 Å². The molecule has 130 valence electrons. The molecule has 2 atom stereocenters. The summed E-state index contributed by atoms with van der Waals surface area (Å²) in [5.74, 6) is 2.21. The number of hydrogen-bond acceptors (Lipinski definition) is 2. The normalized spacial score (nSPS) is 17.0. The molecule has 1 aliphatic carbocycles. The fraction of sp³-hybridized carbons (Fsp3) is 0.429. The Morgan fingerprint density at radius 1 is 1.21 bits per heavy atom. The predicted octanol–water partition coefficient (Wildman–Crippen LogP) is 4.85. The van der Waals surface area contributed by atoms with Gasteiger partial charge in [0.05, 0.1) is 7.11 Å². The number of aryl methyl sites for hydroxylation is 2. The van der Waals surface area contributed by atoms with Gasteiger partial charge in [0.1, 0.15) is 5.75 Å². The first-order valence-corrected chi connectivity index (χ1v) is 8.59. The Labute approximate surface area is 152 Å². The first-order valence-electron chi connectivity index (χ1n) is 8.59. The average molecular weight is 346 g/mol. The van der Waals surface area contributed by atoms with Gasteiger partial charge in [0.2, 0.25) is 0 Å². The van der Waals surface area contributed by atoms with Gasteiger partial charge in [-0.2, -0.15) is 0 Å². The summed E-state index contributed by atoms with van der Waals surface area (Å²) in [7, 11) is 3.80. The number of ether oxygens (including phenoxy) is 1. The molecule has 0 spiro atoms. The van der Waals surface area contributed by atoms with Crippen LogP contribution in [0.4, 0.5) is 0 Å². The van der Waals surface area contributed by atoms with E-state index in [0.717, 1.165) is 12.3 Å². The molecule has 2 nitrogen and oxygen atoms in total. The lowest BCUT2D eigenvalue weighted by atomic mass is 9.85. The van der Waals surface area contributed by atoms with Gasteiger partial charge in [-0.3, -0.25) is 0 Å². The van der Waals surface area contributed by atoms with Crippen LogP contribution in [0.25, 0.3) is 0 Å². The van der Waals surface area contributed by atoms with Gasteiger partial charge in [0, 0.05) is 6.54 Å². The molecule has 0 radical (unpaired) electrons. The van der Waals surface area contributed by atoms with Crippen LogP contribution in [0.15, 0.2) is 42.5 Å². The van der Waals surface area contributed by atoms with Gasteiger partial charge in [0.15, 0.2) is 0 Å². The number of fused-ring (bicyclic) bond motifs is 1. The van der Waals surface area contributed by atoms with Crippen molar-refractivity contribution in [1.82, 2.24) is 5.32 Å². The molecule has 3 rings (SSSR count). The molecule has 1 N–H and O–H groups in total. The van der Waals surface area contributed by atoms with Gasteiger partial charge in [0.25, 0.3) is 0 Å². The van der Waals surface area contributed by atoms with E-state index in [2.05, 4.69) is 61.8 Å². The second-order valence-electron chi connectivity index (χ2n) is 6.70. The molecule has 0 aromatic heterocycles. The topological polar surface area (TPSA) is 21.3 Å². The number of likely N-dealkylation sites (N-methyl/N-ethyl adjacent to an activating group) is 1. The number of benzene rings is 2. The Hall–Kier alpha value is -1.51. The fourth-order valence-electron chi connectivity index (χ4n) is 3.91. The standard InChI is InChI=1S/C21H27NO.ClH/c1-15-5-4-6-16(11-15)19(14-22-2)12-17-7-8-18-13-20(23-3)9-10-21(17)18;/h4-6,9-11,13,17,19,22H,7-8,12,14H2,1-3H3;1H. The Kier molecular flexibility index (Phi) is 6.70. The molecule has 2 aromatic carbocycles. The van der Waals surface area contributed by atoms with Crippen molar-refractivity contribution in [2.45, 2.75) is 38.0 Å². The van der Waals surface area contributed by atoms with E-state index in [4.69, 9.17) is 4.74 Å². The van der Waals surface area contributed by atoms with Crippen LogP contribution in [0.2, 0.25) is 0 Å². The molecular formula is C21H28ClNO. The molecule has 24 heavy (non-hydrogen) atoms. The Balaban J connectivity index is 0.00000208. The van der Waals surface area contributed by atoms with Crippen LogP contribution in [0, 0.1) is 6.92 Å². The van der Waals surface area contributed by atoms with Crippen molar-refractivity contribution in [3.8, 4) is 5.75 Å². The fourth-order valence-corrected chi connectivity index (χ4v) is 3.91. The molecule has 0 bridgehead atoms. The molecule has 0 fully saturated rings. The van der Waals surface area contributed by atoms with Crippen molar-refractivity contribution in [3.05, 3.63) is 64.7 Å². The van der Waals surface area contributed by atoms with E-state index in [1.165, 1.54) is 41.5 Å². The molecule has 0 heterocycles. The van der Waals surface area contributed by atoms with Crippen LogP contribution in [0.3, 0.4) is 0 Å². The van der Waals surface area contributed by atoms with Crippen molar-refractivity contribution in [3.63, 3.8) is 0 Å². The van der Waals surface area contributed by atoms with Gasteiger partial charge in [-0.05, 0) is 73.9 Å². The first-order chi connectivity index (χ1) is 11.2. The van der Waals surface area contributed by atoms with E-state index in [1.54, 1.807) is 7.11 Å². The van der Waals surface area contributed by atoms with Gasteiger partial charge in [-0.15, -0.1) is 12.4 Å². The second kappa shape index (κ2) is 8.55. The highest BCUT2D eigenvalue weighted by Gasteiger charge is 2.26. The lowest BCUT2D eigenvalue weighted by Crippen LogP contribution is -2.19. The Bertz CT molecular complexity index is 671. The van der Waals surface area contributed by atoms with E-state index in [9.17, 15) is 0 Å². The van der Waals surface area contributed by atoms with Gasteiger partial charge in [-0.25, -0.2) is 0 Å². The molecule has 3 heteroatoms. The summed E-state index contributed by atoms with van der Waals surface area (Å²) in [5, 5.41) is 3.38. The lowest BCUT2D eigenvalue weighted by molar-refractivity contribution is 0.414. The number of hydrogen-bond donors (Lipinski definition) is 1. The highest BCUT2D eigenvalue weighted by atomic mass is 35.5. The minimum atomic E-state index is 0. The molecule has 2 aromatic rings. The summed E-state index contributed by atoms with van der Waals surface area (Å²) in [6, 6.07) is 15.6. The third-order valence-electron chi connectivity index (χ3n) is 5.09. The molecule has 2 unspecified atom stereocenters. The molecular weight excluding hydrogens is 318 g/mol. The SMILES string of the molecule is CNCC(CC1CCc2cc(OC)ccc21)c1cccc(C)c1.Cl. The van der Waals surface area contributed by atoms with Crippen LogP contribution in [-0.4, -0.2) is 20.7 Å². The zero-order chi connectivity index (χ0) is 16.2. The number of methoxy groups -OCH3 is 1. The van der Waals surface area contributed by atoms with E-state index in [-0.39, 0.29) is 12.4 Å². The lowest BCUT2D eigenvalue weighted by Gasteiger charge is -2.22. The third kappa shape index (κ3) is 4.12. The highest BCUT2D eigenvalue weighted by molar-refractivity contribution is 5.85.